The number of hydrogen-bond donors (Lipinski definition) is 2. The number of ether oxygens (including phenoxy) is 1. The van der Waals surface area contributed by atoms with Gasteiger partial charge in [-0.25, -0.2) is 4.79 Å². The second kappa shape index (κ2) is 4.14. The van der Waals surface area contributed by atoms with Gasteiger partial charge in [-0.1, -0.05) is 0 Å². The Morgan fingerprint density at radius 1 is 1.39 bits per heavy atom. The molecule has 0 aromatic rings. The lowest BCUT2D eigenvalue weighted by molar-refractivity contribution is -0.144. The third-order valence-corrected chi connectivity index (χ3v) is 3.89. The number of carboxylic acid groups (broad SMARTS) is 1. The van der Waals surface area contributed by atoms with E-state index < -0.39 is 23.1 Å². The van der Waals surface area contributed by atoms with E-state index in [4.69, 9.17) is 9.84 Å². The van der Waals surface area contributed by atoms with Crippen molar-refractivity contribution in [1.29, 1.82) is 0 Å². The summed E-state index contributed by atoms with van der Waals surface area (Å²) in [6.07, 6.45) is 2.49. The molecule has 5 heteroatoms. The van der Waals surface area contributed by atoms with E-state index in [-0.39, 0.29) is 12.0 Å². The highest BCUT2D eigenvalue weighted by Crippen LogP contribution is 2.61. The molecule has 0 aromatic heterocycles. The summed E-state index contributed by atoms with van der Waals surface area (Å²) in [5, 5.41) is 12.0. The summed E-state index contributed by atoms with van der Waals surface area (Å²) in [6.45, 7) is 5.47. The summed E-state index contributed by atoms with van der Waals surface area (Å²) in [5.74, 6) is -0.452. The highest BCUT2D eigenvalue weighted by Gasteiger charge is 2.62. The Morgan fingerprint density at radius 2 is 2.06 bits per heavy atom. The van der Waals surface area contributed by atoms with Crippen LogP contribution in [0.4, 0.5) is 4.79 Å². The molecule has 0 bridgehead atoms. The van der Waals surface area contributed by atoms with Gasteiger partial charge in [0.1, 0.15) is 5.60 Å². The zero-order valence-corrected chi connectivity index (χ0v) is 11.2. The first-order valence-electron chi connectivity index (χ1n) is 6.46. The molecule has 0 saturated heterocycles. The van der Waals surface area contributed by atoms with Crippen LogP contribution in [0.2, 0.25) is 0 Å². The second-order valence-corrected chi connectivity index (χ2v) is 6.48. The molecule has 2 N–H and O–H groups in total. The van der Waals surface area contributed by atoms with Gasteiger partial charge in [0, 0.05) is 6.04 Å². The van der Waals surface area contributed by atoms with Gasteiger partial charge >= 0.3 is 12.1 Å². The molecule has 0 spiro atoms. The number of aliphatic carboxylic acids is 1. The smallest absolute Gasteiger partial charge is 0.407 e. The minimum absolute atomic E-state index is 0.0554. The maximum absolute atomic E-state index is 11.6. The number of fused-ring (bicyclic) bond motifs is 1. The van der Waals surface area contributed by atoms with E-state index in [1.807, 2.05) is 20.8 Å². The predicted octanol–water partition coefficient (Wildman–Crippen LogP) is 2.15. The fourth-order valence-electron chi connectivity index (χ4n) is 2.86. The van der Waals surface area contributed by atoms with Gasteiger partial charge in [-0.3, -0.25) is 4.79 Å². The number of carbonyl (C=O) groups is 2. The number of rotatable bonds is 2. The number of hydrogen-bond acceptors (Lipinski definition) is 3. The Morgan fingerprint density at radius 3 is 2.56 bits per heavy atom. The summed E-state index contributed by atoms with van der Waals surface area (Å²) < 4.78 is 5.20. The van der Waals surface area contributed by atoms with E-state index >= 15 is 0 Å². The van der Waals surface area contributed by atoms with Crippen LogP contribution >= 0.6 is 0 Å². The molecular weight excluding hydrogens is 234 g/mol. The fraction of sp³-hybridized carbons (Fsp3) is 0.846. The van der Waals surface area contributed by atoms with Gasteiger partial charge in [0.15, 0.2) is 0 Å². The molecule has 0 radical (unpaired) electrons. The number of carboxylic acids is 1. The summed E-state index contributed by atoms with van der Waals surface area (Å²) >= 11 is 0. The summed E-state index contributed by atoms with van der Waals surface area (Å²) in [5.41, 5.74) is -0.977. The van der Waals surface area contributed by atoms with Crippen LogP contribution in [0.15, 0.2) is 0 Å². The van der Waals surface area contributed by atoms with Crippen molar-refractivity contribution >= 4 is 12.1 Å². The maximum Gasteiger partial charge on any atom is 0.407 e. The molecule has 0 aromatic carbocycles. The van der Waals surface area contributed by atoms with Gasteiger partial charge in [0.05, 0.1) is 5.41 Å². The molecule has 1 amide bonds. The Kier molecular flexibility index (Phi) is 3.03. The number of carbonyl (C=O) groups excluding carboxylic acids is 1. The molecule has 2 saturated carbocycles. The van der Waals surface area contributed by atoms with Gasteiger partial charge in [0.25, 0.3) is 0 Å². The predicted molar refractivity (Wildman–Crippen MR) is 65.2 cm³/mol. The summed E-state index contributed by atoms with van der Waals surface area (Å²) in [6, 6.07) is 0.0554. The SMILES string of the molecule is CC(C)(C)OC(=O)NC1CCC2(C(=O)O)CC2C1. The first-order chi connectivity index (χ1) is 8.23. The summed E-state index contributed by atoms with van der Waals surface area (Å²) in [4.78, 5) is 22.7. The highest BCUT2D eigenvalue weighted by atomic mass is 16.6. The van der Waals surface area contributed by atoms with Crippen molar-refractivity contribution in [1.82, 2.24) is 5.32 Å². The zero-order valence-electron chi connectivity index (χ0n) is 11.2. The standard InChI is InChI=1S/C13H21NO4/c1-12(2,3)18-11(17)14-9-4-5-13(10(15)16)7-8(13)6-9/h8-9H,4-7H2,1-3H3,(H,14,17)(H,15,16). The first kappa shape index (κ1) is 13.2. The van der Waals surface area contributed by atoms with Crippen molar-refractivity contribution in [2.75, 3.05) is 0 Å². The van der Waals surface area contributed by atoms with Crippen molar-refractivity contribution in [3.05, 3.63) is 0 Å². The average Bonchev–Trinajstić information content (AvgIpc) is 2.89. The quantitative estimate of drug-likeness (QED) is 0.792. The third kappa shape index (κ3) is 2.60. The van der Waals surface area contributed by atoms with Gasteiger partial charge < -0.3 is 15.2 Å². The zero-order chi connectivity index (χ0) is 13.6. The van der Waals surface area contributed by atoms with Gasteiger partial charge in [-0.15, -0.1) is 0 Å². The van der Waals surface area contributed by atoms with Crippen molar-refractivity contribution < 1.29 is 19.4 Å². The maximum atomic E-state index is 11.6. The van der Waals surface area contributed by atoms with Crippen molar-refractivity contribution in [3.63, 3.8) is 0 Å². The van der Waals surface area contributed by atoms with E-state index in [1.165, 1.54) is 0 Å². The van der Waals surface area contributed by atoms with Crippen LogP contribution in [0.1, 0.15) is 46.5 Å². The van der Waals surface area contributed by atoms with E-state index in [0.717, 1.165) is 19.3 Å². The minimum Gasteiger partial charge on any atom is -0.481 e. The average molecular weight is 255 g/mol. The van der Waals surface area contributed by atoms with Crippen LogP contribution < -0.4 is 5.32 Å². The van der Waals surface area contributed by atoms with Crippen molar-refractivity contribution in [2.24, 2.45) is 11.3 Å². The lowest BCUT2D eigenvalue weighted by Crippen LogP contribution is -2.42. The molecule has 2 fully saturated rings. The number of amides is 1. The third-order valence-electron chi connectivity index (χ3n) is 3.89. The molecular formula is C13H21NO4. The lowest BCUT2D eigenvalue weighted by atomic mass is 9.85. The lowest BCUT2D eigenvalue weighted by Gasteiger charge is -2.28. The summed E-state index contributed by atoms with van der Waals surface area (Å²) in [7, 11) is 0. The molecule has 0 heterocycles. The van der Waals surface area contributed by atoms with E-state index in [1.54, 1.807) is 0 Å². The monoisotopic (exact) mass is 255 g/mol. The fourth-order valence-corrected chi connectivity index (χ4v) is 2.86. The van der Waals surface area contributed by atoms with E-state index in [0.29, 0.717) is 6.42 Å². The Labute approximate surface area is 107 Å². The molecule has 3 unspecified atom stereocenters. The highest BCUT2D eigenvalue weighted by molar-refractivity contribution is 5.79. The molecule has 102 valence electrons. The largest absolute Gasteiger partial charge is 0.481 e. The van der Waals surface area contributed by atoms with Crippen LogP contribution in [0.3, 0.4) is 0 Å². The van der Waals surface area contributed by atoms with E-state index in [2.05, 4.69) is 5.32 Å². The number of alkyl carbamates (subject to hydrolysis) is 1. The molecule has 2 rings (SSSR count). The number of nitrogens with one attached hydrogen (secondary N) is 1. The van der Waals surface area contributed by atoms with Crippen LogP contribution in [0.5, 0.6) is 0 Å². The molecule has 5 nitrogen and oxygen atoms in total. The van der Waals surface area contributed by atoms with E-state index in [9.17, 15) is 9.59 Å². The minimum atomic E-state index is -0.678. The van der Waals surface area contributed by atoms with Gasteiger partial charge in [-0.2, -0.15) is 0 Å². The molecule has 2 aliphatic rings. The van der Waals surface area contributed by atoms with Crippen LogP contribution in [0.25, 0.3) is 0 Å². The topological polar surface area (TPSA) is 75.6 Å². The van der Waals surface area contributed by atoms with Crippen molar-refractivity contribution in [2.45, 2.75) is 58.1 Å². The normalized spacial score (nSPS) is 34.4. The molecule has 18 heavy (non-hydrogen) atoms. The first-order valence-corrected chi connectivity index (χ1v) is 6.46. The van der Waals surface area contributed by atoms with Crippen LogP contribution in [-0.2, 0) is 9.53 Å². The molecule has 0 aliphatic heterocycles. The van der Waals surface area contributed by atoms with Crippen molar-refractivity contribution in [3.8, 4) is 0 Å². The molecule has 3 atom stereocenters. The van der Waals surface area contributed by atoms with Gasteiger partial charge in [0.2, 0.25) is 0 Å². The Hall–Kier alpha value is -1.26. The second-order valence-electron chi connectivity index (χ2n) is 6.48. The Balaban J connectivity index is 1.81. The molecule has 2 aliphatic carbocycles. The van der Waals surface area contributed by atoms with Crippen LogP contribution in [0, 0.1) is 11.3 Å². The Bertz CT molecular complexity index is 374. The van der Waals surface area contributed by atoms with Gasteiger partial charge in [-0.05, 0) is 52.4 Å². The van der Waals surface area contributed by atoms with Crippen LogP contribution in [-0.4, -0.2) is 28.8 Å².